The molecule has 1 rings (SSSR count). The molecule has 0 amide bonds. The highest BCUT2D eigenvalue weighted by molar-refractivity contribution is 5.85. The van der Waals surface area contributed by atoms with Crippen molar-refractivity contribution in [2.75, 3.05) is 0 Å². The summed E-state index contributed by atoms with van der Waals surface area (Å²) in [5.41, 5.74) is 6.78. The van der Waals surface area contributed by atoms with Crippen molar-refractivity contribution in [3.05, 3.63) is 23.8 Å². The molecule has 0 spiro atoms. The highest BCUT2D eigenvalue weighted by Crippen LogP contribution is 2.28. The quantitative estimate of drug-likeness (QED) is 0.698. The molecular formula is C11H18ClNO2. The molecule has 0 radical (unpaired) electrons. The number of hydrogen-bond donors (Lipinski definition) is 3. The van der Waals surface area contributed by atoms with Gasteiger partial charge >= 0.3 is 0 Å². The van der Waals surface area contributed by atoms with E-state index in [2.05, 4.69) is 6.92 Å². The zero-order valence-corrected chi connectivity index (χ0v) is 9.63. The van der Waals surface area contributed by atoms with Gasteiger partial charge in [0.25, 0.3) is 0 Å². The van der Waals surface area contributed by atoms with Crippen LogP contribution >= 0.6 is 12.4 Å². The molecule has 86 valence electrons. The number of phenols is 2. The molecule has 0 aliphatic heterocycles. The highest BCUT2D eigenvalue weighted by Gasteiger charge is 2.07. The number of hydrogen-bond acceptors (Lipinski definition) is 3. The molecule has 0 bridgehead atoms. The van der Waals surface area contributed by atoms with Gasteiger partial charge < -0.3 is 15.9 Å². The van der Waals surface area contributed by atoms with Crippen LogP contribution in [-0.2, 0) is 0 Å². The van der Waals surface area contributed by atoms with Gasteiger partial charge in [-0.3, -0.25) is 0 Å². The predicted octanol–water partition coefficient (Wildman–Crippen LogP) is 2.71. The summed E-state index contributed by atoms with van der Waals surface area (Å²) in [5.74, 6) is -0.203. The molecule has 0 unspecified atom stereocenters. The van der Waals surface area contributed by atoms with Crippen molar-refractivity contribution in [3.8, 4) is 11.5 Å². The fourth-order valence-corrected chi connectivity index (χ4v) is 1.36. The van der Waals surface area contributed by atoms with Gasteiger partial charge in [0.1, 0.15) is 0 Å². The Hall–Kier alpha value is -0.930. The first-order valence-electron chi connectivity index (χ1n) is 4.92. The number of nitrogens with two attached hydrogens (primary N) is 1. The fourth-order valence-electron chi connectivity index (χ4n) is 1.36. The number of phenolic OH excluding ortho intramolecular Hbond substituents is 2. The Balaban J connectivity index is 0.00000196. The van der Waals surface area contributed by atoms with Gasteiger partial charge in [-0.2, -0.15) is 0 Å². The average molecular weight is 232 g/mol. The molecule has 1 aromatic rings. The zero-order chi connectivity index (χ0) is 10.6. The van der Waals surface area contributed by atoms with E-state index in [0.717, 1.165) is 24.8 Å². The number of rotatable bonds is 4. The molecule has 4 N–H and O–H groups in total. The summed E-state index contributed by atoms with van der Waals surface area (Å²) in [5, 5.41) is 18.4. The van der Waals surface area contributed by atoms with Gasteiger partial charge in [0, 0.05) is 6.04 Å². The van der Waals surface area contributed by atoms with Crippen LogP contribution in [0.1, 0.15) is 37.8 Å². The Bertz CT molecular complexity index is 305. The summed E-state index contributed by atoms with van der Waals surface area (Å²) in [7, 11) is 0. The normalized spacial score (nSPS) is 11.9. The Labute approximate surface area is 96.3 Å². The first-order valence-corrected chi connectivity index (χ1v) is 4.92. The number of benzene rings is 1. The van der Waals surface area contributed by atoms with E-state index in [0.29, 0.717) is 0 Å². The van der Waals surface area contributed by atoms with E-state index in [4.69, 9.17) is 10.8 Å². The highest BCUT2D eigenvalue weighted by atomic mass is 35.5. The molecule has 0 aliphatic carbocycles. The van der Waals surface area contributed by atoms with E-state index in [9.17, 15) is 5.11 Å². The van der Waals surface area contributed by atoms with E-state index < -0.39 is 0 Å². The number of unbranched alkanes of at least 4 members (excludes halogenated alkanes) is 1. The van der Waals surface area contributed by atoms with E-state index in [1.807, 2.05) is 0 Å². The standard InChI is InChI=1S/C11H17NO2.ClH/c1-2-3-4-9(12)8-5-6-10(13)11(14)7-8;/h5-7,9,13-14H,2-4,12H2,1H3;1H/t9-;/m1./s1. The van der Waals surface area contributed by atoms with Gasteiger partial charge in [-0.25, -0.2) is 0 Å². The summed E-state index contributed by atoms with van der Waals surface area (Å²) in [6.07, 6.45) is 3.08. The van der Waals surface area contributed by atoms with Crippen LogP contribution in [0.25, 0.3) is 0 Å². The van der Waals surface area contributed by atoms with Crippen LogP contribution in [-0.4, -0.2) is 10.2 Å². The van der Waals surface area contributed by atoms with Gasteiger partial charge in [-0.15, -0.1) is 12.4 Å². The lowest BCUT2D eigenvalue weighted by Gasteiger charge is -2.11. The SMILES string of the molecule is CCCC[C@@H](N)c1ccc(O)c(O)c1.Cl. The largest absolute Gasteiger partial charge is 0.504 e. The second-order valence-electron chi connectivity index (χ2n) is 3.50. The monoisotopic (exact) mass is 231 g/mol. The van der Waals surface area contributed by atoms with Crippen molar-refractivity contribution in [1.82, 2.24) is 0 Å². The van der Waals surface area contributed by atoms with Crippen molar-refractivity contribution in [2.45, 2.75) is 32.2 Å². The molecule has 0 aromatic heterocycles. The number of halogens is 1. The topological polar surface area (TPSA) is 66.5 Å². The van der Waals surface area contributed by atoms with Gasteiger partial charge in [-0.1, -0.05) is 25.8 Å². The fraction of sp³-hybridized carbons (Fsp3) is 0.455. The third-order valence-corrected chi connectivity index (χ3v) is 2.30. The van der Waals surface area contributed by atoms with Crippen LogP contribution in [0.2, 0.25) is 0 Å². The van der Waals surface area contributed by atoms with Crippen molar-refractivity contribution in [3.63, 3.8) is 0 Å². The maximum atomic E-state index is 9.27. The van der Waals surface area contributed by atoms with Gasteiger partial charge in [0.2, 0.25) is 0 Å². The van der Waals surface area contributed by atoms with Crippen molar-refractivity contribution < 1.29 is 10.2 Å². The third kappa shape index (κ3) is 3.98. The van der Waals surface area contributed by atoms with Crippen LogP contribution in [0.15, 0.2) is 18.2 Å². The Morgan fingerprint density at radius 1 is 1.27 bits per heavy atom. The lowest BCUT2D eigenvalue weighted by Crippen LogP contribution is -2.09. The maximum absolute atomic E-state index is 9.27. The van der Waals surface area contributed by atoms with Crippen LogP contribution < -0.4 is 5.73 Å². The molecule has 0 fully saturated rings. The van der Waals surface area contributed by atoms with Gasteiger partial charge in [0.05, 0.1) is 0 Å². The van der Waals surface area contributed by atoms with E-state index >= 15 is 0 Å². The molecule has 1 aromatic carbocycles. The summed E-state index contributed by atoms with van der Waals surface area (Å²) in [6.45, 7) is 2.11. The maximum Gasteiger partial charge on any atom is 0.157 e. The molecule has 4 heteroatoms. The Kier molecular flexibility index (Phi) is 6.13. The minimum atomic E-state index is -0.102. The molecular weight excluding hydrogens is 214 g/mol. The number of aromatic hydroxyl groups is 2. The Morgan fingerprint density at radius 2 is 1.93 bits per heavy atom. The minimum Gasteiger partial charge on any atom is -0.504 e. The first kappa shape index (κ1) is 14.1. The molecule has 15 heavy (non-hydrogen) atoms. The van der Waals surface area contributed by atoms with Crippen LogP contribution in [0, 0.1) is 0 Å². The van der Waals surface area contributed by atoms with Crippen molar-refractivity contribution >= 4 is 12.4 Å². The van der Waals surface area contributed by atoms with Crippen LogP contribution in [0.5, 0.6) is 11.5 Å². The summed E-state index contributed by atoms with van der Waals surface area (Å²) >= 11 is 0. The molecule has 0 heterocycles. The van der Waals surface area contributed by atoms with Gasteiger partial charge in [-0.05, 0) is 24.1 Å². The average Bonchev–Trinajstić information content (AvgIpc) is 2.18. The molecule has 1 atom stereocenters. The lowest BCUT2D eigenvalue weighted by molar-refractivity contribution is 0.402. The predicted molar refractivity (Wildman–Crippen MR) is 63.5 cm³/mol. The van der Waals surface area contributed by atoms with Gasteiger partial charge in [0.15, 0.2) is 11.5 Å². The van der Waals surface area contributed by atoms with E-state index in [-0.39, 0.29) is 29.9 Å². The van der Waals surface area contributed by atoms with E-state index in [1.165, 1.54) is 12.1 Å². The summed E-state index contributed by atoms with van der Waals surface area (Å²) in [6, 6.07) is 4.68. The smallest absolute Gasteiger partial charge is 0.157 e. The lowest BCUT2D eigenvalue weighted by atomic mass is 10.0. The summed E-state index contributed by atoms with van der Waals surface area (Å²) in [4.78, 5) is 0. The van der Waals surface area contributed by atoms with Crippen molar-refractivity contribution in [2.24, 2.45) is 5.73 Å². The first-order chi connectivity index (χ1) is 6.65. The Morgan fingerprint density at radius 3 is 2.47 bits per heavy atom. The van der Waals surface area contributed by atoms with Crippen LogP contribution in [0.4, 0.5) is 0 Å². The second-order valence-corrected chi connectivity index (χ2v) is 3.50. The van der Waals surface area contributed by atoms with Crippen molar-refractivity contribution in [1.29, 1.82) is 0 Å². The summed E-state index contributed by atoms with van der Waals surface area (Å²) < 4.78 is 0. The molecule has 0 saturated heterocycles. The second kappa shape index (κ2) is 6.53. The third-order valence-electron chi connectivity index (χ3n) is 2.30. The van der Waals surface area contributed by atoms with Crippen LogP contribution in [0.3, 0.4) is 0 Å². The minimum absolute atomic E-state index is 0. The molecule has 0 aliphatic rings. The molecule has 0 saturated carbocycles. The molecule has 3 nitrogen and oxygen atoms in total. The zero-order valence-electron chi connectivity index (χ0n) is 8.81. The van der Waals surface area contributed by atoms with E-state index in [1.54, 1.807) is 6.07 Å².